The van der Waals surface area contributed by atoms with Crippen LogP contribution in [0.15, 0.2) is 77.7 Å². The number of aromatic carboxylic acids is 1. The standard InChI is InChI=1S/C33H37NO8S/c35-20-22-7-9-23(10-8-22)29-19-27(21-43-28-17-13-24(14-18-28)32(39)40)41-33(42-29)25-11-15-26(16-12-25)34-30(36)5-3-1-2-4-6-31(37)38/h7-18,27,29,33,35H,1-6,19-21H2,(H,34,36)(H,37,38)(H,39,40)/t27-,29+,33+/m0/s1. The molecule has 0 spiro atoms. The van der Waals surface area contributed by atoms with Crippen molar-refractivity contribution in [3.8, 4) is 0 Å². The Hall–Kier alpha value is -3.70. The molecule has 9 nitrogen and oxygen atoms in total. The van der Waals surface area contributed by atoms with Crippen molar-refractivity contribution in [3.63, 3.8) is 0 Å². The van der Waals surface area contributed by atoms with Gasteiger partial charge in [-0.2, -0.15) is 0 Å². The number of nitrogens with one attached hydrogen (secondary N) is 1. The van der Waals surface area contributed by atoms with Crippen LogP contribution in [0.2, 0.25) is 0 Å². The van der Waals surface area contributed by atoms with E-state index in [1.807, 2.05) is 48.5 Å². The van der Waals surface area contributed by atoms with Gasteiger partial charge in [-0.05, 0) is 60.4 Å². The zero-order valence-corrected chi connectivity index (χ0v) is 24.6. The summed E-state index contributed by atoms with van der Waals surface area (Å²) in [5, 5.41) is 30.2. The Morgan fingerprint density at radius 1 is 0.791 bits per heavy atom. The minimum Gasteiger partial charge on any atom is -0.481 e. The average Bonchev–Trinajstić information content (AvgIpc) is 3.02. The van der Waals surface area contributed by atoms with Gasteiger partial charge in [0, 0.05) is 41.2 Å². The molecule has 1 saturated heterocycles. The number of benzene rings is 3. The molecule has 3 atom stereocenters. The van der Waals surface area contributed by atoms with Crippen molar-refractivity contribution in [3.05, 3.63) is 95.1 Å². The van der Waals surface area contributed by atoms with E-state index in [0.717, 1.165) is 34.4 Å². The van der Waals surface area contributed by atoms with Crippen LogP contribution in [0.3, 0.4) is 0 Å². The lowest BCUT2D eigenvalue weighted by atomic mass is 10.0. The second-order valence-electron chi connectivity index (χ2n) is 10.5. The molecule has 0 saturated carbocycles. The van der Waals surface area contributed by atoms with Crippen LogP contribution in [0.4, 0.5) is 5.69 Å². The van der Waals surface area contributed by atoms with Crippen molar-refractivity contribution in [2.24, 2.45) is 0 Å². The molecule has 4 rings (SSSR count). The molecular formula is C33H37NO8S. The molecule has 1 aliphatic heterocycles. The smallest absolute Gasteiger partial charge is 0.335 e. The first-order valence-corrected chi connectivity index (χ1v) is 15.4. The highest BCUT2D eigenvalue weighted by atomic mass is 32.2. The number of carbonyl (C=O) groups excluding carboxylic acids is 1. The first kappa shape index (κ1) is 32.2. The van der Waals surface area contributed by atoms with Crippen LogP contribution in [-0.4, -0.2) is 45.0 Å². The van der Waals surface area contributed by atoms with Gasteiger partial charge in [0.1, 0.15) is 0 Å². The number of anilines is 1. The summed E-state index contributed by atoms with van der Waals surface area (Å²) in [5.41, 5.74) is 3.53. The molecule has 0 bridgehead atoms. The molecule has 43 heavy (non-hydrogen) atoms. The molecule has 4 N–H and O–H groups in total. The van der Waals surface area contributed by atoms with E-state index in [9.17, 15) is 19.5 Å². The molecule has 0 aromatic heterocycles. The first-order valence-electron chi connectivity index (χ1n) is 14.4. The molecule has 3 aromatic carbocycles. The maximum atomic E-state index is 12.4. The molecule has 0 unspecified atom stereocenters. The summed E-state index contributed by atoms with van der Waals surface area (Å²) < 4.78 is 12.8. The van der Waals surface area contributed by atoms with Crippen LogP contribution >= 0.6 is 11.8 Å². The highest BCUT2D eigenvalue weighted by Gasteiger charge is 2.32. The fourth-order valence-electron chi connectivity index (χ4n) is 4.77. The Kier molecular flexibility index (Phi) is 12.2. The van der Waals surface area contributed by atoms with Crippen LogP contribution in [0, 0.1) is 0 Å². The maximum absolute atomic E-state index is 12.4. The second-order valence-corrected chi connectivity index (χ2v) is 11.6. The van der Waals surface area contributed by atoms with Crippen molar-refractivity contribution >= 4 is 35.3 Å². The van der Waals surface area contributed by atoms with Gasteiger partial charge < -0.3 is 30.1 Å². The summed E-state index contributed by atoms with van der Waals surface area (Å²) in [6, 6.07) is 21.8. The number of thioether (sulfide) groups is 1. The second kappa shape index (κ2) is 16.2. The van der Waals surface area contributed by atoms with Crippen molar-refractivity contribution in [2.45, 2.75) is 74.9 Å². The fraction of sp³-hybridized carbons (Fsp3) is 0.364. The Balaban J connectivity index is 1.37. The Bertz CT molecular complexity index is 1340. The van der Waals surface area contributed by atoms with E-state index in [2.05, 4.69) is 5.32 Å². The number of aliphatic hydroxyl groups is 1. The number of hydrogen-bond donors (Lipinski definition) is 4. The highest BCUT2D eigenvalue weighted by Crippen LogP contribution is 2.39. The number of rotatable bonds is 15. The minimum atomic E-state index is -0.960. The third-order valence-corrected chi connectivity index (χ3v) is 8.31. The SMILES string of the molecule is O=C(O)CCCCCCC(=O)Nc1ccc([C@@H]2O[C@H](CSc3ccc(C(=O)O)cc3)C[C@H](c3ccc(CO)cc3)O2)cc1. The minimum absolute atomic E-state index is 0.0346. The number of carbonyl (C=O) groups is 3. The summed E-state index contributed by atoms with van der Waals surface area (Å²) >= 11 is 1.59. The van der Waals surface area contributed by atoms with E-state index >= 15 is 0 Å². The number of aliphatic carboxylic acids is 1. The zero-order valence-electron chi connectivity index (χ0n) is 23.8. The largest absolute Gasteiger partial charge is 0.481 e. The van der Waals surface area contributed by atoms with Gasteiger partial charge in [-0.3, -0.25) is 9.59 Å². The van der Waals surface area contributed by atoms with Crippen LogP contribution in [0.1, 0.15) is 84.4 Å². The molecule has 1 heterocycles. The number of carboxylic acids is 2. The van der Waals surface area contributed by atoms with Gasteiger partial charge in [0.05, 0.1) is 24.4 Å². The molecule has 1 aliphatic rings. The summed E-state index contributed by atoms with van der Waals surface area (Å²) in [6.07, 6.45) is 3.07. The van der Waals surface area contributed by atoms with E-state index in [-0.39, 0.29) is 36.7 Å². The van der Waals surface area contributed by atoms with Gasteiger partial charge in [-0.25, -0.2) is 4.79 Å². The quantitative estimate of drug-likeness (QED) is 0.111. The monoisotopic (exact) mass is 607 g/mol. The molecule has 3 aromatic rings. The molecule has 10 heteroatoms. The Morgan fingerprint density at radius 2 is 1.44 bits per heavy atom. The number of aliphatic hydroxyl groups excluding tert-OH is 1. The van der Waals surface area contributed by atoms with E-state index in [0.29, 0.717) is 37.1 Å². The predicted molar refractivity (Wildman–Crippen MR) is 163 cm³/mol. The summed E-state index contributed by atoms with van der Waals surface area (Å²) in [5.74, 6) is -1.20. The van der Waals surface area contributed by atoms with Gasteiger partial charge in [0.15, 0.2) is 6.29 Å². The first-order chi connectivity index (χ1) is 20.8. The van der Waals surface area contributed by atoms with Crippen molar-refractivity contribution < 1.29 is 39.2 Å². The average molecular weight is 608 g/mol. The molecule has 0 aliphatic carbocycles. The third kappa shape index (κ3) is 10.2. The predicted octanol–water partition coefficient (Wildman–Crippen LogP) is 6.58. The molecule has 0 radical (unpaired) electrons. The number of ether oxygens (including phenoxy) is 2. The molecule has 1 amide bonds. The maximum Gasteiger partial charge on any atom is 0.335 e. The molecular weight excluding hydrogens is 570 g/mol. The van der Waals surface area contributed by atoms with E-state index < -0.39 is 18.2 Å². The number of carboxylic acid groups (broad SMARTS) is 2. The zero-order chi connectivity index (χ0) is 30.6. The lowest BCUT2D eigenvalue weighted by Gasteiger charge is -2.36. The lowest BCUT2D eigenvalue weighted by Crippen LogP contribution is -2.31. The number of amides is 1. The summed E-state index contributed by atoms with van der Waals surface area (Å²) in [4.78, 5) is 35.1. The lowest BCUT2D eigenvalue weighted by molar-refractivity contribution is -0.245. The Morgan fingerprint density at radius 3 is 2.07 bits per heavy atom. The van der Waals surface area contributed by atoms with Gasteiger partial charge in [0.25, 0.3) is 0 Å². The van der Waals surface area contributed by atoms with Gasteiger partial charge >= 0.3 is 11.9 Å². The van der Waals surface area contributed by atoms with Gasteiger partial charge in [-0.15, -0.1) is 11.8 Å². The summed E-state index contributed by atoms with van der Waals surface area (Å²) in [6.45, 7) is -0.0346. The van der Waals surface area contributed by atoms with Crippen molar-refractivity contribution in [1.29, 1.82) is 0 Å². The van der Waals surface area contributed by atoms with Crippen LogP contribution in [-0.2, 0) is 25.7 Å². The molecule has 228 valence electrons. The number of unbranched alkanes of at least 4 members (excludes halogenated alkanes) is 3. The topological polar surface area (TPSA) is 142 Å². The normalized spacial score (nSPS) is 18.2. The van der Waals surface area contributed by atoms with E-state index in [4.69, 9.17) is 19.7 Å². The van der Waals surface area contributed by atoms with Crippen molar-refractivity contribution in [2.75, 3.05) is 11.1 Å². The fourth-order valence-corrected chi connectivity index (χ4v) is 5.69. The van der Waals surface area contributed by atoms with Crippen molar-refractivity contribution in [1.82, 2.24) is 0 Å². The van der Waals surface area contributed by atoms with Crippen LogP contribution in [0.25, 0.3) is 0 Å². The van der Waals surface area contributed by atoms with Gasteiger partial charge in [0.2, 0.25) is 5.91 Å². The Labute approximate surface area is 255 Å². The van der Waals surface area contributed by atoms with Crippen LogP contribution < -0.4 is 5.32 Å². The summed E-state index contributed by atoms with van der Waals surface area (Å²) in [7, 11) is 0. The van der Waals surface area contributed by atoms with E-state index in [1.54, 1.807) is 36.0 Å². The van der Waals surface area contributed by atoms with E-state index in [1.165, 1.54) is 0 Å². The molecule has 1 fully saturated rings. The highest BCUT2D eigenvalue weighted by molar-refractivity contribution is 7.99. The number of hydrogen-bond acceptors (Lipinski definition) is 7. The van der Waals surface area contributed by atoms with Gasteiger partial charge in [-0.1, -0.05) is 49.2 Å². The third-order valence-electron chi connectivity index (χ3n) is 7.16. The van der Waals surface area contributed by atoms with Crippen LogP contribution in [0.5, 0.6) is 0 Å².